The number of rotatable bonds is 7. The maximum absolute atomic E-state index is 13.1. The number of ether oxygens (including phenoxy) is 2. The number of nitrogens with zero attached hydrogens (tertiary/aromatic N) is 1. The Bertz CT molecular complexity index is 1400. The lowest BCUT2D eigenvalue weighted by Crippen LogP contribution is -2.54. The van der Waals surface area contributed by atoms with Crippen molar-refractivity contribution in [2.45, 2.75) is 37.8 Å². The number of aromatic nitrogens is 1. The molecule has 2 aromatic rings. The number of hydrogen-bond acceptors (Lipinski definition) is 8. The van der Waals surface area contributed by atoms with E-state index in [0.717, 1.165) is 19.4 Å². The number of aliphatic hydroxyl groups is 1. The fraction of sp³-hybridized carbons (Fsp3) is 0.267. The van der Waals surface area contributed by atoms with Crippen LogP contribution in [0.3, 0.4) is 0 Å². The van der Waals surface area contributed by atoms with Gasteiger partial charge in [-0.3, -0.25) is 19.4 Å². The van der Waals surface area contributed by atoms with Crippen LogP contribution in [0.4, 0.5) is 0 Å². The first-order valence-corrected chi connectivity index (χ1v) is 13.2. The van der Waals surface area contributed by atoms with Crippen molar-refractivity contribution in [3.05, 3.63) is 113 Å². The standard InChI is InChI=1S/C30H30N4O6.ClH/c35-25-6-2-1-4-22(25)26-17-40-27(18-39-26)28(36)19-7-9-20(10-8-19)29(37)33-23-5-3-13-32-16-24(23)34-30(38)21-11-14-31-15-12-21;/h2,6-12,14-15,17-18,23-24,32,35H,1,3-5,13,16H2,(H,33,37)(H,34,38);1H/t23-,24-;/m1./s1. The number of nitrogens with one attached hydrogen (secondary N) is 3. The number of halogens is 1. The Morgan fingerprint density at radius 2 is 1.59 bits per heavy atom. The third-order valence-electron chi connectivity index (χ3n) is 6.96. The number of carbonyl (C=O) groups is 3. The summed E-state index contributed by atoms with van der Waals surface area (Å²) in [6.07, 6.45) is 12.0. The first-order valence-electron chi connectivity index (χ1n) is 13.2. The van der Waals surface area contributed by atoms with Crippen molar-refractivity contribution < 1.29 is 29.0 Å². The molecule has 0 unspecified atom stereocenters. The van der Waals surface area contributed by atoms with Crippen molar-refractivity contribution in [2.75, 3.05) is 13.1 Å². The van der Waals surface area contributed by atoms with Gasteiger partial charge in [-0.15, -0.1) is 12.4 Å². The summed E-state index contributed by atoms with van der Waals surface area (Å²) in [5, 5.41) is 19.4. The average Bonchev–Trinajstić information content (AvgIpc) is 3.22. The number of Topliss-reactive ketones (excluding diaryl/α,β-unsaturated/α-hetero) is 1. The van der Waals surface area contributed by atoms with Crippen LogP contribution in [0.1, 0.15) is 56.8 Å². The molecule has 0 spiro atoms. The molecule has 1 fully saturated rings. The van der Waals surface area contributed by atoms with E-state index in [9.17, 15) is 19.5 Å². The van der Waals surface area contributed by atoms with Crippen molar-refractivity contribution in [1.82, 2.24) is 20.9 Å². The van der Waals surface area contributed by atoms with Gasteiger partial charge in [-0.2, -0.15) is 0 Å². The molecule has 1 aromatic carbocycles. The number of carbonyl (C=O) groups excluding carboxylic acids is 3. The highest BCUT2D eigenvalue weighted by Crippen LogP contribution is 2.28. The zero-order chi connectivity index (χ0) is 27.9. The summed E-state index contributed by atoms with van der Waals surface area (Å²) in [5.74, 6) is -0.473. The van der Waals surface area contributed by atoms with E-state index in [1.165, 1.54) is 12.5 Å². The molecule has 3 heterocycles. The molecule has 11 heteroatoms. The lowest BCUT2D eigenvalue weighted by Gasteiger charge is -2.27. The molecule has 2 aliphatic heterocycles. The summed E-state index contributed by atoms with van der Waals surface area (Å²) in [6.45, 7) is 1.31. The van der Waals surface area contributed by atoms with Gasteiger partial charge in [0.05, 0.1) is 12.1 Å². The second-order valence-corrected chi connectivity index (χ2v) is 9.65. The molecule has 1 aromatic heterocycles. The van der Waals surface area contributed by atoms with Crippen LogP contribution in [0.25, 0.3) is 0 Å². The molecular weight excluding hydrogens is 548 g/mol. The second-order valence-electron chi connectivity index (χ2n) is 9.65. The summed E-state index contributed by atoms with van der Waals surface area (Å²) in [6, 6.07) is 8.96. The van der Waals surface area contributed by atoms with E-state index in [2.05, 4.69) is 20.9 Å². The molecule has 214 valence electrons. The SMILES string of the molecule is Cl.O=C(N[C@@H]1CCCNC[C@H]1NC(=O)c1ccncc1)c1ccc(C(=O)C2=COC(C3=C(O)C=CCC3)=CO2)cc1. The minimum Gasteiger partial charge on any atom is -0.508 e. The average molecular weight is 579 g/mol. The van der Waals surface area contributed by atoms with Crippen LogP contribution in [-0.2, 0) is 9.47 Å². The van der Waals surface area contributed by atoms with Crippen LogP contribution in [-0.4, -0.2) is 52.9 Å². The molecule has 0 radical (unpaired) electrons. The van der Waals surface area contributed by atoms with Crippen molar-refractivity contribution >= 4 is 30.0 Å². The monoisotopic (exact) mass is 578 g/mol. The number of hydrogen-bond donors (Lipinski definition) is 4. The number of allylic oxidation sites excluding steroid dienone is 4. The Hall–Kier alpha value is -4.41. The molecule has 1 aliphatic carbocycles. The maximum Gasteiger partial charge on any atom is 0.251 e. The van der Waals surface area contributed by atoms with Crippen LogP contribution in [0.15, 0.2) is 96.3 Å². The van der Waals surface area contributed by atoms with Crippen LogP contribution in [0.2, 0.25) is 0 Å². The van der Waals surface area contributed by atoms with E-state index in [0.29, 0.717) is 47.4 Å². The van der Waals surface area contributed by atoms with E-state index in [-0.39, 0.29) is 47.8 Å². The third kappa shape index (κ3) is 7.22. The largest absolute Gasteiger partial charge is 0.508 e. The quantitative estimate of drug-likeness (QED) is 0.363. The molecule has 10 nitrogen and oxygen atoms in total. The minimum absolute atomic E-state index is 0. The molecule has 4 N–H and O–H groups in total. The first-order chi connectivity index (χ1) is 19.5. The highest BCUT2D eigenvalue weighted by Gasteiger charge is 2.28. The maximum atomic E-state index is 13.1. The van der Waals surface area contributed by atoms with Gasteiger partial charge in [-0.25, -0.2) is 0 Å². The van der Waals surface area contributed by atoms with E-state index >= 15 is 0 Å². The molecule has 41 heavy (non-hydrogen) atoms. The zero-order valence-electron chi connectivity index (χ0n) is 22.2. The molecule has 1 saturated heterocycles. The van der Waals surface area contributed by atoms with E-state index in [4.69, 9.17) is 9.47 Å². The van der Waals surface area contributed by atoms with Gasteiger partial charge in [0.2, 0.25) is 11.5 Å². The molecule has 2 atom stereocenters. The van der Waals surface area contributed by atoms with Crippen LogP contribution in [0, 0.1) is 0 Å². The number of pyridine rings is 1. The Labute approximate surface area is 243 Å². The molecule has 2 amide bonds. The minimum atomic E-state index is -0.405. The molecule has 5 rings (SSSR count). The Balaban J connectivity index is 0.00000387. The van der Waals surface area contributed by atoms with Crippen molar-refractivity contribution in [3.63, 3.8) is 0 Å². The smallest absolute Gasteiger partial charge is 0.251 e. The number of amides is 2. The lowest BCUT2D eigenvalue weighted by molar-refractivity contribution is 0.0882. The van der Waals surface area contributed by atoms with Gasteiger partial charge in [0.1, 0.15) is 18.3 Å². The van der Waals surface area contributed by atoms with Crippen molar-refractivity contribution in [1.29, 1.82) is 0 Å². The van der Waals surface area contributed by atoms with Crippen molar-refractivity contribution in [2.24, 2.45) is 0 Å². The topological polar surface area (TPSA) is 139 Å². The van der Waals surface area contributed by atoms with Crippen molar-refractivity contribution in [3.8, 4) is 0 Å². The van der Waals surface area contributed by atoms with Gasteiger partial charge >= 0.3 is 0 Å². The normalized spacial score (nSPS) is 20.2. The van der Waals surface area contributed by atoms with Gasteiger partial charge in [0.15, 0.2) is 5.76 Å². The number of benzene rings is 1. The Morgan fingerprint density at radius 1 is 0.902 bits per heavy atom. The molecule has 0 saturated carbocycles. The van der Waals surface area contributed by atoms with E-state index in [1.54, 1.807) is 54.9 Å². The Kier molecular flexibility index (Phi) is 9.94. The highest BCUT2D eigenvalue weighted by molar-refractivity contribution is 6.08. The summed E-state index contributed by atoms with van der Waals surface area (Å²) >= 11 is 0. The fourth-order valence-electron chi connectivity index (χ4n) is 4.73. The molecule has 0 bridgehead atoms. The second kappa shape index (κ2) is 13.8. The van der Waals surface area contributed by atoms with Gasteiger partial charge < -0.3 is 30.5 Å². The lowest BCUT2D eigenvalue weighted by atomic mass is 10.0. The summed E-state index contributed by atoms with van der Waals surface area (Å²) in [4.78, 5) is 42.7. The predicted molar refractivity (Wildman–Crippen MR) is 153 cm³/mol. The number of aliphatic hydroxyl groups excluding tert-OH is 1. The van der Waals surface area contributed by atoms with Crippen LogP contribution < -0.4 is 16.0 Å². The zero-order valence-corrected chi connectivity index (χ0v) is 23.0. The van der Waals surface area contributed by atoms with Gasteiger partial charge in [-0.1, -0.05) is 18.2 Å². The van der Waals surface area contributed by atoms with E-state index in [1.807, 2.05) is 6.08 Å². The van der Waals surface area contributed by atoms with Gasteiger partial charge in [0, 0.05) is 41.2 Å². The Morgan fingerprint density at radius 3 is 2.27 bits per heavy atom. The molecular formula is C30H31ClN4O6. The number of ketones is 1. The first kappa shape index (κ1) is 29.6. The fourth-order valence-corrected chi connectivity index (χ4v) is 4.73. The predicted octanol–water partition coefficient (Wildman–Crippen LogP) is 3.86. The molecule has 3 aliphatic rings. The van der Waals surface area contributed by atoms with Crippen LogP contribution >= 0.6 is 12.4 Å². The van der Waals surface area contributed by atoms with Gasteiger partial charge in [0.25, 0.3) is 11.8 Å². The summed E-state index contributed by atoms with van der Waals surface area (Å²) in [5.41, 5.74) is 1.83. The van der Waals surface area contributed by atoms with E-state index < -0.39 is 5.78 Å². The summed E-state index contributed by atoms with van der Waals surface area (Å²) in [7, 11) is 0. The summed E-state index contributed by atoms with van der Waals surface area (Å²) < 4.78 is 11.1. The highest BCUT2D eigenvalue weighted by atomic mass is 35.5. The van der Waals surface area contributed by atoms with Gasteiger partial charge in [-0.05, 0) is 62.6 Å². The third-order valence-corrected chi connectivity index (χ3v) is 6.96. The van der Waals surface area contributed by atoms with Crippen LogP contribution in [0.5, 0.6) is 0 Å².